The molecule has 0 saturated carbocycles. The highest BCUT2D eigenvalue weighted by molar-refractivity contribution is 8.30. The summed E-state index contributed by atoms with van der Waals surface area (Å²) in [6, 6.07) is 60.2. The van der Waals surface area contributed by atoms with Crippen molar-refractivity contribution >= 4 is 32.6 Å². The van der Waals surface area contributed by atoms with Crippen molar-refractivity contribution in [2.75, 3.05) is 0 Å². The van der Waals surface area contributed by atoms with Gasteiger partial charge in [0, 0.05) is 0 Å². The first kappa shape index (κ1) is 33.8. The van der Waals surface area contributed by atoms with Gasteiger partial charge >= 0.3 is 11.9 Å². The molecule has 6 heteroatoms. The van der Waals surface area contributed by atoms with E-state index in [-0.39, 0.29) is 11.9 Å². The highest BCUT2D eigenvalue weighted by Gasteiger charge is 2.53. The number of carbonyl (C=O) groups excluding carboxylic acids is 2. The van der Waals surface area contributed by atoms with E-state index in [1.807, 2.05) is 182 Å². The van der Waals surface area contributed by atoms with Crippen molar-refractivity contribution < 1.29 is 18.0 Å². The fourth-order valence-electron chi connectivity index (χ4n) is 5.91. The van der Waals surface area contributed by atoms with Crippen molar-refractivity contribution in [2.24, 2.45) is 5.92 Å². The summed E-state index contributed by atoms with van der Waals surface area (Å²) in [4.78, 5) is 30.1. The Morgan fingerprint density at radius 3 is 0.857 bits per heavy atom. The lowest BCUT2D eigenvalue weighted by Gasteiger charge is -2.34. The highest BCUT2D eigenvalue weighted by atomic mass is 32.3. The van der Waals surface area contributed by atoms with Crippen LogP contribution in [-0.4, -0.2) is 21.5 Å². The minimum Gasteiger partial charge on any atom is -0.337 e. The average molecular weight is 687 g/mol. The van der Waals surface area contributed by atoms with Gasteiger partial charge in [0.05, 0.1) is 50.0 Å². The molecule has 49 heavy (non-hydrogen) atoms. The molecule has 0 atom stereocenters. The summed E-state index contributed by atoms with van der Waals surface area (Å²) >= 11 is 0. The first-order valence-corrected chi connectivity index (χ1v) is 19.7. The van der Waals surface area contributed by atoms with Crippen molar-refractivity contribution in [1.82, 2.24) is 0 Å². The van der Waals surface area contributed by atoms with Gasteiger partial charge in [0.2, 0.25) is 0 Å². The van der Waals surface area contributed by atoms with E-state index in [1.165, 1.54) is 0 Å². The summed E-state index contributed by atoms with van der Waals surface area (Å²) in [6.07, 6.45) is 2.02. The first-order valence-electron chi connectivity index (χ1n) is 16.6. The Hall–Kier alpha value is -5.04. The molecule has 0 heterocycles. The maximum atomic E-state index is 12.3. The van der Waals surface area contributed by atoms with Gasteiger partial charge in [-0.2, -0.15) is 0 Å². The highest BCUT2D eigenvalue weighted by Crippen LogP contribution is 2.71. The van der Waals surface area contributed by atoms with Gasteiger partial charge < -0.3 is 9.59 Å². The summed E-state index contributed by atoms with van der Waals surface area (Å²) in [5.41, 5.74) is 0. The molecule has 0 aliphatic carbocycles. The molecule has 0 bridgehead atoms. The number of hydrogen-bond acceptors (Lipinski definition) is 2. The molecule has 0 aliphatic rings. The van der Waals surface area contributed by atoms with Crippen molar-refractivity contribution in [2.45, 2.75) is 55.6 Å². The van der Waals surface area contributed by atoms with Crippen molar-refractivity contribution in [3.05, 3.63) is 182 Å². The molecule has 0 radical (unpaired) electrons. The van der Waals surface area contributed by atoms with E-state index in [0.717, 1.165) is 42.2 Å². The van der Waals surface area contributed by atoms with Crippen LogP contribution in [0, 0.1) is 5.92 Å². The van der Waals surface area contributed by atoms with Crippen molar-refractivity contribution in [3.63, 3.8) is 0 Å². The normalized spacial score (nSPS) is 12.8. The van der Waals surface area contributed by atoms with Gasteiger partial charge in [-0.3, -0.25) is 8.37 Å². The molecule has 0 saturated heterocycles. The van der Waals surface area contributed by atoms with E-state index in [4.69, 9.17) is 8.37 Å². The molecule has 0 aliphatic heterocycles. The van der Waals surface area contributed by atoms with Crippen LogP contribution in [0.2, 0.25) is 0 Å². The summed E-state index contributed by atoms with van der Waals surface area (Å²) in [7, 11) is -4.99. The first-order chi connectivity index (χ1) is 24.1. The average Bonchev–Trinajstić information content (AvgIpc) is 3.18. The molecule has 4 nitrogen and oxygen atoms in total. The van der Waals surface area contributed by atoms with Crippen LogP contribution in [0.1, 0.15) is 26.2 Å². The Bertz CT molecular complexity index is 1590. The Morgan fingerprint density at radius 2 is 0.653 bits per heavy atom. The monoisotopic (exact) mass is 686 g/mol. The maximum absolute atomic E-state index is 12.3. The van der Waals surface area contributed by atoms with E-state index in [0.29, 0.717) is 6.42 Å². The largest absolute Gasteiger partial charge is 0.517 e. The van der Waals surface area contributed by atoms with E-state index >= 15 is 0 Å². The molecule has 0 amide bonds. The van der Waals surface area contributed by atoms with Gasteiger partial charge in [-0.15, -0.1) is 0 Å². The number of benzene rings is 6. The molecule has 248 valence electrons. The van der Waals surface area contributed by atoms with Crippen molar-refractivity contribution in [3.8, 4) is 0 Å². The number of hydrogen-bond donors (Lipinski definition) is 0. The van der Waals surface area contributed by atoms with Gasteiger partial charge in [0.1, 0.15) is 0 Å². The fourth-order valence-corrected chi connectivity index (χ4v) is 12.1. The number of rotatable bonds is 13. The van der Waals surface area contributed by atoms with E-state index < -0.39 is 26.5 Å². The second-order valence-electron chi connectivity index (χ2n) is 11.5. The van der Waals surface area contributed by atoms with Crippen molar-refractivity contribution in [1.29, 1.82) is 0 Å². The minimum atomic E-state index is -2.50. The van der Waals surface area contributed by atoms with E-state index in [9.17, 15) is 9.59 Å². The van der Waals surface area contributed by atoms with Crippen LogP contribution in [0.4, 0.5) is 0 Å². The lowest BCUT2D eigenvalue weighted by Crippen LogP contribution is -2.31. The lowest BCUT2D eigenvalue weighted by atomic mass is 10.0. The Morgan fingerprint density at radius 1 is 0.429 bits per heavy atom. The molecule has 6 aromatic rings. The third-order valence-corrected chi connectivity index (χ3v) is 14.8. The van der Waals surface area contributed by atoms with Gasteiger partial charge in [0.25, 0.3) is 5.92 Å². The van der Waals surface area contributed by atoms with Gasteiger partial charge in [-0.05, 0) is 79.2 Å². The van der Waals surface area contributed by atoms with Crippen LogP contribution in [0.15, 0.2) is 211 Å². The summed E-state index contributed by atoms with van der Waals surface area (Å²) < 4.78 is 14.0. The molecule has 6 rings (SSSR count). The lowest BCUT2D eigenvalue weighted by molar-refractivity contribution is 0.396. The fraction of sp³-hybridized carbons (Fsp3) is 0.116. The van der Waals surface area contributed by atoms with Crippen LogP contribution in [-0.2, 0) is 8.37 Å². The minimum absolute atomic E-state index is 0.278. The Kier molecular flexibility index (Phi) is 11.0. The topological polar surface area (TPSA) is 61.3 Å². The van der Waals surface area contributed by atoms with Crippen LogP contribution in [0.25, 0.3) is 0 Å². The summed E-state index contributed by atoms with van der Waals surface area (Å²) in [6.45, 7) is 2.09. The second-order valence-corrected chi connectivity index (χ2v) is 16.9. The van der Waals surface area contributed by atoms with Gasteiger partial charge in [-0.25, -0.2) is 0 Å². The zero-order chi connectivity index (χ0) is 33.9. The smallest absolute Gasteiger partial charge is 0.337 e. The predicted octanol–water partition coefficient (Wildman–Crippen LogP) is 11.6. The van der Waals surface area contributed by atoms with Crippen LogP contribution in [0.3, 0.4) is 0 Å². The third-order valence-electron chi connectivity index (χ3n) is 8.31. The predicted molar refractivity (Wildman–Crippen MR) is 203 cm³/mol. The zero-order valence-corrected chi connectivity index (χ0v) is 29.2. The van der Waals surface area contributed by atoms with Crippen LogP contribution < -0.4 is 0 Å². The molecule has 0 unspecified atom stereocenters. The Balaban J connectivity index is 1.48. The maximum Gasteiger partial charge on any atom is 0.517 e. The molecule has 6 aromatic carbocycles. The number of unbranched alkanes of at least 4 members (excludes halogenated alkanes) is 1. The molecule has 0 fully saturated rings. The quantitative estimate of drug-likeness (QED) is 0.0897. The molecular formula is C43H42O4S2+2. The van der Waals surface area contributed by atoms with Gasteiger partial charge in [-0.1, -0.05) is 129 Å². The van der Waals surface area contributed by atoms with Crippen LogP contribution in [0.5, 0.6) is 0 Å². The molecular weight excluding hydrogens is 645 g/mol. The summed E-state index contributed by atoms with van der Waals surface area (Å²) in [5.74, 6) is -1.48. The van der Waals surface area contributed by atoms with E-state index in [2.05, 4.69) is 6.92 Å². The van der Waals surface area contributed by atoms with E-state index in [1.54, 1.807) is 0 Å². The SMILES string of the molecule is CCCCC(C(=[OH+])OS(c1ccccc1)(c1ccccc1)c1ccccc1)C(=[OH+])OS(c1ccccc1)(c1ccccc1)c1ccccc1. The summed E-state index contributed by atoms with van der Waals surface area (Å²) in [5, 5.41) is 0. The zero-order valence-electron chi connectivity index (χ0n) is 27.5. The molecule has 0 aromatic heterocycles. The van der Waals surface area contributed by atoms with Crippen LogP contribution >= 0.6 is 20.6 Å². The van der Waals surface area contributed by atoms with Gasteiger partial charge in [0.15, 0.2) is 0 Å². The molecule has 0 spiro atoms. The third kappa shape index (κ3) is 7.07. The standard InChI is InChI=1S/C43H40O4S2/c1-2-3-34-41(42(44)46-48(35-22-10-4-11-23-35,36-24-12-5-13-25-36)37-26-14-6-15-27-37)43(45)47-49(38-28-16-7-17-29-38,39-30-18-8-19-31-39)40-32-20-9-21-33-40/h4-33,41H,2-3,34H2,1H3/p+2. The Labute approximate surface area is 292 Å². The molecule has 2 N–H and O–H groups in total. The second kappa shape index (κ2) is 15.9.